The summed E-state index contributed by atoms with van der Waals surface area (Å²) in [6, 6.07) is 4.96. The molecule has 0 fully saturated rings. The number of alkyl halides is 3. The van der Waals surface area contributed by atoms with Crippen molar-refractivity contribution in [3.05, 3.63) is 35.5 Å². The molecule has 0 aliphatic heterocycles. The van der Waals surface area contributed by atoms with Crippen LogP contribution in [-0.4, -0.2) is 48.1 Å². The Morgan fingerprint density at radius 1 is 1.03 bits per heavy atom. The molecule has 0 radical (unpaired) electrons. The second kappa shape index (κ2) is 11.4. The van der Waals surface area contributed by atoms with Crippen molar-refractivity contribution in [2.45, 2.75) is 24.1 Å². The van der Waals surface area contributed by atoms with E-state index in [0.717, 1.165) is 0 Å². The lowest BCUT2D eigenvalue weighted by atomic mass is 10.1. The zero-order chi connectivity index (χ0) is 23.0. The van der Waals surface area contributed by atoms with Crippen LogP contribution < -0.4 is 10.3 Å². The monoisotopic (exact) mass is 491 g/mol. The molecule has 0 saturated heterocycles. The van der Waals surface area contributed by atoms with E-state index in [1.165, 1.54) is 6.20 Å². The van der Waals surface area contributed by atoms with Gasteiger partial charge in [-0.2, -0.15) is 0 Å². The summed E-state index contributed by atoms with van der Waals surface area (Å²) in [5, 5.41) is 3.74. The highest BCUT2D eigenvalue weighted by atomic mass is 35.6. The van der Waals surface area contributed by atoms with Gasteiger partial charge in [0, 0.05) is 12.6 Å². The van der Waals surface area contributed by atoms with Crippen molar-refractivity contribution >= 4 is 69.3 Å². The number of carbonyl (C=O) groups excluding carboxylic acids is 3. The van der Waals surface area contributed by atoms with Gasteiger partial charge in [-0.05, 0) is 32.4 Å². The Hall–Kier alpha value is -2.29. The van der Waals surface area contributed by atoms with Crippen LogP contribution in [0.1, 0.15) is 41.0 Å². The molecule has 0 bridgehead atoms. The molecule has 1 aromatic carbocycles. The number of H-pyrrole nitrogens is 1. The summed E-state index contributed by atoms with van der Waals surface area (Å²) in [5.41, 5.74) is 1.74. The fourth-order valence-electron chi connectivity index (χ4n) is 2.68. The van der Waals surface area contributed by atoms with Crippen LogP contribution in [0.25, 0.3) is 10.9 Å². The molecule has 168 valence electrons. The molecule has 0 atom stereocenters. The van der Waals surface area contributed by atoms with Crippen LogP contribution in [0.5, 0.6) is 0 Å². The molecule has 0 unspecified atom stereocenters. The van der Waals surface area contributed by atoms with Crippen molar-refractivity contribution in [3.63, 3.8) is 0 Å². The third kappa shape index (κ3) is 6.85. The Bertz CT molecular complexity index is 957. The molecule has 2 aromatic rings. The molecule has 0 spiro atoms. The number of carbonyl (C=O) groups is 3. The number of aromatic nitrogens is 1. The van der Waals surface area contributed by atoms with Crippen molar-refractivity contribution in [2.75, 3.05) is 31.7 Å². The van der Waals surface area contributed by atoms with Crippen LogP contribution in [0.4, 0.5) is 5.69 Å². The number of nitrogens with one attached hydrogen (secondary N) is 2. The minimum Gasteiger partial charge on any atom is -0.462 e. The van der Waals surface area contributed by atoms with Crippen LogP contribution in [0.3, 0.4) is 0 Å². The molecule has 0 amide bonds. The molecule has 0 aliphatic rings. The first-order valence-corrected chi connectivity index (χ1v) is 10.6. The van der Waals surface area contributed by atoms with Crippen LogP contribution in [0.2, 0.25) is 0 Å². The summed E-state index contributed by atoms with van der Waals surface area (Å²) < 4.78 is 12.9. The van der Waals surface area contributed by atoms with E-state index < -0.39 is 21.7 Å². The second-order valence-corrected chi connectivity index (χ2v) is 8.47. The topological polar surface area (TPSA) is 105 Å². The lowest BCUT2D eigenvalue weighted by Gasteiger charge is -2.13. The summed E-state index contributed by atoms with van der Waals surface area (Å²) in [5.74, 6) is -1.98. The first-order chi connectivity index (χ1) is 14.7. The Labute approximate surface area is 194 Å². The molecule has 1 aromatic heterocycles. The normalized spacial score (nSPS) is 11.1. The number of ether oxygens (including phenoxy) is 3. The predicted octanol–water partition coefficient (Wildman–Crippen LogP) is 3.72. The van der Waals surface area contributed by atoms with Crippen molar-refractivity contribution in [3.8, 4) is 0 Å². The fourth-order valence-corrected chi connectivity index (χ4v) is 2.84. The van der Waals surface area contributed by atoms with Gasteiger partial charge in [0.2, 0.25) is 5.52 Å². The van der Waals surface area contributed by atoms with Crippen molar-refractivity contribution in [1.82, 2.24) is 0 Å². The number of hydrogen-bond acceptors (Lipinski definition) is 7. The maximum Gasteiger partial charge on any atom is 0.358 e. The van der Waals surface area contributed by atoms with Gasteiger partial charge in [0.05, 0.1) is 36.5 Å². The molecular formula is C20H22Cl3N2O6+. The van der Waals surface area contributed by atoms with Gasteiger partial charge in [-0.1, -0.05) is 34.8 Å². The predicted molar refractivity (Wildman–Crippen MR) is 117 cm³/mol. The molecule has 1 heterocycles. The number of hydrogen-bond donors (Lipinski definition) is 1. The third-order valence-electron chi connectivity index (χ3n) is 4.02. The molecular weight excluding hydrogens is 471 g/mol. The first kappa shape index (κ1) is 25.0. The number of rotatable bonds is 9. The first-order valence-electron chi connectivity index (χ1n) is 9.49. The zero-order valence-corrected chi connectivity index (χ0v) is 19.2. The number of benzene rings is 1. The number of anilines is 1. The van der Waals surface area contributed by atoms with Crippen molar-refractivity contribution in [2.24, 2.45) is 0 Å². The van der Waals surface area contributed by atoms with Crippen LogP contribution >= 0.6 is 34.8 Å². The summed E-state index contributed by atoms with van der Waals surface area (Å²) in [6.07, 6.45) is 1.89. The summed E-state index contributed by atoms with van der Waals surface area (Å²) in [6.45, 7) is 4.18. The molecule has 8 nitrogen and oxygen atoms in total. The molecule has 0 aliphatic carbocycles. The smallest absolute Gasteiger partial charge is 0.358 e. The Morgan fingerprint density at radius 3 is 2.35 bits per heavy atom. The van der Waals surface area contributed by atoms with Crippen LogP contribution in [-0.2, 0) is 19.0 Å². The second-order valence-electron chi connectivity index (χ2n) is 6.19. The van der Waals surface area contributed by atoms with Gasteiger partial charge in [-0.3, -0.25) is 0 Å². The Morgan fingerprint density at radius 2 is 1.71 bits per heavy atom. The molecule has 11 heteroatoms. The van der Waals surface area contributed by atoms with E-state index in [4.69, 9.17) is 49.0 Å². The summed E-state index contributed by atoms with van der Waals surface area (Å²) in [4.78, 5) is 39.1. The summed E-state index contributed by atoms with van der Waals surface area (Å²) >= 11 is 16.4. The van der Waals surface area contributed by atoms with Gasteiger partial charge in [0.15, 0.2) is 6.20 Å². The van der Waals surface area contributed by atoms with E-state index in [1.807, 2.05) is 0 Å². The molecule has 31 heavy (non-hydrogen) atoms. The molecule has 2 N–H and O–H groups in total. The van der Waals surface area contributed by atoms with E-state index in [1.54, 1.807) is 32.0 Å². The number of fused-ring (bicyclic) bond motifs is 1. The Kier molecular flexibility index (Phi) is 9.15. The maximum absolute atomic E-state index is 12.4. The van der Waals surface area contributed by atoms with E-state index in [9.17, 15) is 14.4 Å². The average molecular weight is 493 g/mol. The number of aromatic amines is 1. The van der Waals surface area contributed by atoms with Crippen molar-refractivity contribution < 1.29 is 33.6 Å². The largest absolute Gasteiger partial charge is 0.462 e. The molecule has 0 saturated carbocycles. The van der Waals surface area contributed by atoms with Gasteiger partial charge in [-0.15, -0.1) is 0 Å². The number of halogens is 3. The SMILES string of the molecule is CCOC(=O)c1ccc2[nH+]cc(C(=O)OCC)c(NCCCOC(=O)C(Cl)(Cl)Cl)c2c1. The van der Waals surface area contributed by atoms with Gasteiger partial charge in [-0.25, -0.2) is 19.4 Å². The number of esters is 3. The van der Waals surface area contributed by atoms with Gasteiger partial charge < -0.3 is 19.5 Å². The van der Waals surface area contributed by atoms with Gasteiger partial charge in [0.25, 0.3) is 3.79 Å². The Balaban J connectivity index is 2.27. The van der Waals surface area contributed by atoms with Crippen LogP contribution in [0, 0.1) is 0 Å². The van der Waals surface area contributed by atoms with E-state index >= 15 is 0 Å². The highest BCUT2D eigenvalue weighted by Gasteiger charge is 2.32. The minimum absolute atomic E-state index is 0.000546. The van der Waals surface area contributed by atoms with Gasteiger partial charge >= 0.3 is 17.9 Å². The van der Waals surface area contributed by atoms with Gasteiger partial charge in [0.1, 0.15) is 5.56 Å². The van der Waals surface area contributed by atoms with E-state index in [-0.39, 0.29) is 25.4 Å². The lowest BCUT2D eigenvalue weighted by Crippen LogP contribution is -2.23. The highest BCUT2D eigenvalue weighted by molar-refractivity contribution is 6.75. The third-order valence-corrected chi connectivity index (χ3v) is 4.49. The van der Waals surface area contributed by atoms with Crippen molar-refractivity contribution in [1.29, 1.82) is 0 Å². The highest BCUT2D eigenvalue weighted by Crippen LogP contribution is 2.28. The fraction of sp³-hybridized carbons (Fsp3) is 0.400. The number of pyridine rings is 1. The van der Waals surface area contributed by atoms with E-state index in [0.29, 0.717) is 35.1 Å². The standard InChI is InChI=1S/C20H21Cl3N2O6/c1-3-29-17(26)12-6-7-15-13(10-12)16(14(11-25-15)18(27)30-4-2)24-8-5-9-31-19(28)20(21,22)23/h6-7,10-11H,3-5,8-9H2,1-2H3,(H,24,25)/p+1. The minimum atomic E-state index is -2.14. The zero-order valence-electron chi connectivity index (χ0n) is 16.9. The van der Waals surface area contributed by atoms with Crippen LogP contribution in [0.15, 0.2) is 24.4 Å². The molecule has 2 rings (SSSR count). The lowest BCUT2D eigenvalue weighted by molar-refractivity contribution is -0.344. The quantitative estimate of drug-likeness (QED) is 0.246. The van der Waals surface area contributed by atoms with E-state index in [2.05, 4.69) is 10.3 Å². The maximum atomic E-state index is 12.4. The summed E-state index contributed by atoms with van der Waals surface area (Å²) in [7, 11) is 0. The average Bonchev–Trinajstić information content (AvgIpc) is 2.72.